The van der Waals surface area contributed by atoms with Gasteiger partial charge in [-0.3, -0.25) is 9.78 Å². The van der Waals surface area contributed by atoms with Crippen molar-refractivity contribution in [2.45, 2.75) is 51.9 Å². The van der Waals surface area contributed by atoms with Gasteiger partial charge in [-0.05, 0) is 43.2 Å². The molecule has 1 amide bonds. The summed E-state index contributed by atoms with van der Waals surface area (Å²) in [6.07, 6.45) is 8.75. The predicted octanol–water partition coefficient (Wildman–Crippen LogP) is 3.34. The van der Waals surface area contributed by atoms with E-state index in [4.69, 9.17) is 0 Å². The van der Waals surface area contributed by atoms with Crippen molar-refractivity contribution in [3.8, 4) is 0 Å². The minimum absolute atomic E-state index is 0.269. The molecule has 2 aromatic rings. The number of amides is 1. The van der Waals surface area contributed by atoms with Crippen molar-refractivity contribution in [2.24, 2.45) is 5.41 Å². The molecule has 2 aromatic heterocycles. The molecule has 0 unspecified atom stereocenters. The normalized spacial score (nSPS) is 19.4. The second-order valence-electron chi connectivity index (χ2n) is 8.10. The summed E-state index contributed by atoms with van der Waals surface area (Å²) in [6.45, 7) is 5.88. The molecule has 4 rings (SSSR count). The lowest BCUT2D eigenvalue weighted by Crippen LogP contribution is -2.52. The molecule has 6 nitrogen and oxygen atoms in total. The Labute approximate surface area is 171 Å². The van der Waals surface area contributed by atoms with E-state index < -0.39 is 0 Å². The molecule has 0 saturated carbocycles. The zero-order chi connectivity index (χ0) is 19.4. The molecule has 150 valence electrons. The van der Waals surface area contributed by atoms with E-state index in [1.807, 2.05) is 24.4 Å². The van der Waals surface area contributed by atoms with Crippen LogP contribution < -0.4 is 4.90 Å². The second kappa shape index (κ2) is 8.55. The van der Waals surface area contributed by atoms with Crippen LogP contribution in [-0.4, -0.2) is 52.2 Å². The predicted molar refractivity (Wildman–Crippen MR) is 112 cm³/mol. The number of rotatable bonds is 6. The highest BCUT2D eigenvalue weighted by atomic mass is 32.1. The fourth-order valence-corrected chi connectivity index (χ4v) is 5.36. The van der Waals surface area contributed by atoms with E-state index in [0.29, 0.717) is 12.3 Å². The Hall–Kier alpha value is -2.02. The highest BCUT2D eigenvalue weighted by Crippen LogP contribution is 2.41. The maximum atomic E-state index is 12.5. The van der Waals surface area contributed by atoms with Crippen LogP contribution in [0.5, 0.6) is 0 Å². The Morgan fingerprint density at radius 2 is 2.00 bits per heavy atom. The summed E-state index contributed by atoms with van der Waals surface area (Å²) in [7, 11) is 0. The van der Waals surface area contributed by atoms with E-state index in [-0.39, 0.29) is 5.41 Å². The van der Waals surface area contributed by atoms with Crippen LogP contribution >= 0.6 is 11.3 Å². The number of nitrogens with zero attached hydrogens (tertiary/aromatic N) is 5. The van der Waals surface area contributed by atoms with Gasteiger partial charge in [-0.1, -0.05) is 24.3 Å². The zero-order valence-electron chi connectivity index (χ0n) is 16.6. The van der Waals surface area contributed by atoms with E-state index >= 15 is 0 Å². The molecule has 0 N–H and O–H groups in total. The van der Waals surface area contributed by atoms with Crippen LogP contribution in [0.25, 0.3) is 0 Å². The fourth-order valence-electron chi connectivity index (χ4n) is 4.37. The number of hydrogen-bond donors (Lipinski definition) is 0. The number of pyridine rings is 1. The smallest absolute Gasteiger partial charge is 0.222 e. The summed E-state index contributed by atoms with van der Waals surface area (Å²) < 4.78 is 0. The molecule has 0 radical (unpaired) electrons. The topological polar surface area (TPSA) is 62.2 Å². The summed E-state index contributed by atoms with van der Waals surface area (Å²) in [5.74, 6) is 0.303. The highest BCUT2D eigenvalue weighted by Gasteiger charge is 2.41. The number of carbonyl (C=O) groups excluding carboxylic acids is 1. The summed E-state index contributed by atoms with van der Waals surface area (Å²) in [4.78, 5) is 21.3. The lowest BCUT2D eigenvalue weighted by molar-refractivity contribution is -0.138. The van der Waals surface area contributed by atoms with E-state index in [1.165, 1.54) is 0 Å². The van der Waals surface area contributed by atoms with Crippen LogP contribution in [0.1, 0.15) is 49.7 Å². The maximum Gasteiger partial charge on any atom is 0.222 e. The van der Waals surface area contributed by atoms with Crippen LogP contribution in [0.2, 0.25) is 0 Å². The number of anilines is 1. The van der Waals surface area contributed by atoms with Gasteiger partial charge in [0.15, 0.2) is 0 Å². The third-order valence-corrected chi connectivity index (χ3v) is 7.17. The van der Waals surface area contributed by atoms with Crippen molar-refractivity contribution in [2.75, 3.05) is 31.1 Å². The number of hydrogen-bond acceptors (Lipinski definition) is 6. The van der Waals surface area contributed by atoms with Crippen LogP contribution in [0.3, 0.4) is 0 Å². The van der Waals surface area contributed by atoms with Crippen LogP contribution in [0.4, 0.5) is 5.13 Å². The maximum absolute atomic E-state index is 12.5. The van der Waals surface area contributed by atoms with E-state index in [2.05, 4.69) is 31.9 Å². The van der Waals surface area contributed by atoms with E-state index in [1.54, 1.807) is 11.3 Å². The number of piperidine rings is 2. The van der Waals surface area contributed by atoms with Crippen molar-refractivity contribution < 1.29 is 4.79 Å². The standard InChI is InChI=1S/C21H29N5OS/c1-2-5-18-23-24-20(28-18)25-14-10-21(11-15-25)9-7-19(27)26(16-21)13-8-17-6-3-4-12-22-17/h3-4,6,12H,2,5,7-11,13-16H2,1H3. The Kier molecular flexibility index (Phi) is 5.90. The number of aromatic nitrogens is 3. The van der Waals surface area contributed by atoms with Gasteiger partial charge in [0.1, 0.15) is 5.01 Å². The Morgan fingerprint density at radius 3 is 2.75 bits per heavy atom. The summed E-state index contributed by atoms with van der Waals surface area (Å²) in [6, 6.07) is 5.98. The molecule has 0 bridgehead atoms. The Bertz CT molecular complexity index is 785. The van der Waals surface area contributed by atoms with Gasteiger partial charge in [-0.15, -0.1) is 10.2 Å². The molecule has 0 aliphatic carbocycles. The minimum Gasteiger partial charge on any atom is -0.347 e. The van der Waals surface area contributed by atoms with Gasteiger partial charge in [0.2, 0.25) is 11.0 Å². The van der Waals surface area contributed by atoms with E-state index in [0.717, 1.165) is 80.5 Å². The van der Waals surface area contributed by atoms with Crippen molar-refractivity contribution in [3.63, 3.8) is 0 Å². The van der Waals surface area contributed by atoms with Crippen LogP contribution in [-0.2, 0) is 17.6 Å². The summed E-state index contributed by atoms with van der Waals surface area (Å²) in [5, 5.41) is 10.9. The first-order chi connectivity index (χ1) is 13.7. The molecule has 4 heterocycles. The largest absolute Gasteiger partial charge is 0.347 e. The Morgan fingerprint density at radius 1 is 1.14 bits per heavy atom. The molecule has 2 aliphatic heterocycles. The SMILES string of the molecule is CCCc1nnc(N2CCC3(CCC(=O)N(CCc4ccccn4)C3)CC2)s1. The average Bonchev–Trinajstić information content (AvgIpc) is 3.19. The monoisotopic (exact) mass is 399 g/mol. The molecule has 2 aliphatic rings. The van der Waals surface area contributed by atoms with Crippen molar-refractivity contribution in [1.29, 1.82) is 0 Å². The number of aryl methyl sites for hydroxylation is 1. The third-order valence-electron chi connectivity index (χ3n) is 6.13. The molecule has 1 spiro atoms. The van der Waals surface area contributed by atoms with Gasteiger partial charge in [-0.25, -0.2) is 0 Å². The zero-order valence-corrected chi connectivity index (χ0v) is 17.5. The highest BCUT2D eigenvalue weighted by molar-refractivity contribution is 7.15. The lowest BCUT2D eigenvalue weighted by atomic mass is 9.72. The second-order valence-corrected chi connectivity index (χ2v) is 9.14. The van der Waals surface area contributed by atoms with Crippen LogP contribution in [0, 0.1) is 5.41 Å². The van der Waals surface area contributed by atoms with E-state index in [9.17, 15) is 4.79 Å². The van der Waals surface area contributed by atoms with Gasteiger partial charge in [-0.2, -0.15) is 0 Å². The van der Waals surface area contributed by atoms with Gasteiger partial charge in [0.05, 0.1) is 0 Å². The van der Waals surface area contributed by atoms with Gasteiger partial charge >= 0.3 is 0 Å². The lowest BCUT2D eigenvalue weighted by Gasteiger charge is -2.47. The first-order valence-corrected chi connectivity index (χ1v) is 11.2. The first-order valence-electron chi connectivity index (χ1n) is 10.4. The summed E-state index contributed by atoms with van der Waals surface area (Å²) in [5.41, 5.74) is 1.33. The first kappa shape index (κ1) is 19.3. The van der Waals surface area contributed by atoms with Gasteiger partial charge < -0.3 is 9.80 Å². The molecule has 0 atom stereocenters. The van der Waals surface area contributed by atoms with Crippen molar-refractivity contribution in [1.82, 2.24) is 20.1 Å². The molecule has 2 fully saturated rings. The molecule has 7 heteroatoms. The molecule has 2 saturated heterocycles. The third kappa shape index (κ3) is 4.35. The van der Waals surface area contributed by atoms with Crippen molar-refractivity contribution >= 4 is 22.4 Å². The summed E-state index contributed by atoms with van der Waals surface area (Å²) >= 11 is 1.74. The van der Waals surface area contributed by atoms with Crippen LogP contribution in [0.15, 0.2) is 24.4 Å². The Balaban J connectivity index is 1.34. The minimum atomic E-state index is 0.269. The fraction of sp³-hybridized carbons (Fsp3) is 0.619. The number of likely N-dealkylation sites (tertiary alicyclic amines) is 1. The molecule has 0 aromatic carbocycles. The number of carbonyl (C=O) groups is 1. The molecule has 28 heavy (non-hydrogen) atoms. The van der Waals surface area contributed by atoms with Gasteiger partial charge in [0, 0.05) is 57.3 Å². The average molecular weight is 400 g/mol. The quantitative estimate of drug-likeness (QED) is 0.745. The molecular formula is C21H29N5OS. The van der Waals surface area contributed by atoms with Gasteiger partial charge in [0.25, 0.3) is 0 Å². The molecular weight excluding hydrogens is 370 g/mol. The van der Waals surface area contributed by atoms with Crippen molar-refractivity contribution in [3.05, 3.63) is 35.1 Å².